The van der Waals surface area contributed by atoms with Crippen LogP contribution in [0, 0.1) is 16.2 Å². The van der Waals surface area contributed by atoms with Crippen LogP contribution in [0.25, 0.3) is 0 Å². The second-order valence-electron chi connectivity index (χ2n) is 7.43. The molecular weight excluding hydrogens is 378 g/mol. The van der Waals surface area contributed by atoms with Crippen LogP contribution in [0.15, 0.2) is 24.3 Å². The molecule has 124 valence electrons. The normalized spacial score (nSPS) is 34.7. The molecule has 0 aliphatic heterocycles. The fourth-order valence-electron chi connectivity index (χ4n) is 4.43. The van der Waals surface area contributed by atoms with Gasteiger partial charge in [0.1, 0.15) is 0 Å². The number of carbonyl (C=O) groups excluding carboxylic acids is 2. The molecule has 2 bridgehead atoms. The molecule has 1 aromatic carbocycles. The van der Waals surface area contributed by atoms with E-state index in [2.05, 4.69) is 21.2 Å². The number of alkyl halides is 1. The van der Waals surface area contributed by atoms with Gasteiger partial charge in [-0.05, 0) is 29.9 Å². The first kappa shape index (κ1) is 17.0. The molecule has 0 saturated heterocycles. The maximum atomic E-state index is 13.1. The first-order valence-electron chi connectivity index (χ1n) is 7.88. The molecule has 3 atom stereocenters. The van der Waals surface area contributed by atoms with E-state index in [0.29, 0.717) is 11.6 Å². The number of hydrogen-bond acceptors (Lipinski definition) is 2. The molecule has 0 aromatic heterocycles. The molecule has 5 heteroatoms. The lowest BCUT2D eigenvalue weighted by molar-refractivity contribution is -0.136. The molecule has 3 nitrogen and oxygen atoms in total. The van der Waals surface area contributed by atoms with Gasteiger partial charge >= 0.3 is 0 Å². The van der Waals surface area contributed by atoms with Gasteiger partial charge in [-0.2, -0.15) is 0 Å². The molecule has 0 heterocycles. The minimum atomic E-state index is -0.694. The molecule has 0 unspecified atom stereocenters. The highest BCUT2D eigenvalue weighted by Crippen LogP contribution is 2.72. The fraction of sp³-hybridized carbons (Fsp3) is 0.556. The van der Waals surface area contributed by atoms with E-state index in [0.717, 1.165) is 18.4 Å². The molecular formula is C18H21BrClNO2. The Morgan fingerprint density at radius 2 is 1.96 bits per heavy atom. The Morgan fingerprint density at radius 1 is 1.30 bits per heavy atom. The Balaban J connectivity index is 1.87. The number of fused-ring (bicyclic) bond motifs is 2. The number of hydrogen-bond donors (Lipinski definition) is 1. The molecule has 2 aliphatic carbocycles. The van der Waals surface area contributed by atoms with Crippen LogP contribution in [0.3, 0.4) is 0 Å². The van der Waals surface area contributed by atoms with E-state index in [-0.39, 0.29) is 17.1 Å². The van der Waals surface area contributed by atoms with Gasteiger partial charge in [0.05, 0.1) is 10.2 Å². The summed E-state index contributed by atoms with van der Waals surface area (Å²) in [6, 6.07) is 7.47. The van der Waals surface area contributed by atoms with E-state index >= 15 is 0 Å². The SMILES string of the molecule is CC1(C)[C@@]2(C)CC[C@@]1(C(=O)NCc1ccccc1Cl)[C@H](Br)C2=O. The van der Waals surface area contributed by atoms with Gasteiger partial charge in [0, 0.05) is 17.0 Å². The molecule has 1 aromatic rings. The second kappa shape index (κ2) is 5.32. The van der Waals surface area contributed by atoms with Crippen molar-refractivity contribution < 1.29 is 9.59 Å². The molecule has 1 N–H and O–H groups in total. The van der Waals surface area contributed by atoms with Gasteiger partial charge in [-0.25, -0.2) is 0 Å². The maximum Gasteiger partial charge on any atom is 0.228 e. The third-order valence-corrected chi connectivity index (χ3v) is 8.09. The predicted octanol–water partition coefficient (Wildman–Crippen LogP) is 4.12. The molecule has 3 rings (SSSR count). The molecule has 2 saturated carbocycles. The summed E-state index contributed by atoms with van der Waals surface area (Å²) in [5.74, 6) is 0.0977. The van der Waals surface area contributed by atoms with Crippen molar-refractivity contribution in [1.82, 2.24) is 5.32 Å². The number of amides is 1. The van der Waals surface area contributed by atoms with Crippen molar-refractivity contribution >= 4 is 39.2 Å². The summed E-state index contributed by atoms with van der Waals surface area (Å²) in [7, 11) is 0. The summed E-state index contributed by atoms with van der Waals surface area (Å²) in [4.78, 5) is 25.4. The highest BCUT2D eigenvalue weighted by molar-refractivity contribution is 9.10. The van der Waals surface area contributed by atoms with Crippen LogP contribution in [0.2, 0.25) is 5.02 Å². The van der Waals surface area contributed by atoms with Gasteiger partial charge in [-0.3, -0.25) is 9.59 Å². The van der Waals surface area contributed by atoms with E-state index in [1.54, 1.807) is 0 Å². The Morgan fingerprint density at radius 3 is 2.52 bits per heavy atom. The summed E-state index contributed by atoms with van der Waals surface area (Å²) >= 11 is 9.69. The van der Waals surface area contributed by atoms with E-state index < -0.39 is 15.7 Å². The van der Waals surface area contributed by atoms with Crippen LogP contribution < -0.4 is 5.32 Å². The zero-order valence-electron chi connectivity index (χ0n) is 13.6. The van der Waals surface area contributed by atoms with Crippen LogP contribution in [0.5, 0.6) is 0 Å². The number of halogens is 2. The highest BCUT2D eigenvalue weighted by atomic mass is 79.9. The number of ketones is 1. The van der Waals surface area contributed by atoms with Gasteiger partial charge in [-0.1, -0.05) is 66.5 Å². The molecule has 2 fully saturated rings. The summed E-state index contributed by atoms with van der Waals surface area (Å²) in [5.41, 5.74) is -0.633. The van der Waals surface area contributed by atoms with Crippen LogP contribution in [0.4, 0.5) is 0 Å². The molecule has 23 heavy (non-hydrogen) atoms. The average molecular weight is 399 g/mol. The van der Waals surface area contributed by atoms with Crippen molar-refractivity contribution in [2.45, 2.75) is 45.0 Å². The van der Waals surface area contributed by atoms with Crippen molar-refractivity contribution in [2.24, 2.45) is 16.2 Å². The van der Waals surface area contributed by atoms with Gasteiger partial charge in [0.15, 0.2) is 5.78 Å². The first-order chi connectivity index (χ1) is 10.7. The maximum absolute atomic E-state index is 13.1. The lowest BCUT2D eigenvalue weighted by atomic mass is 9.64. The zero-order valence-corrected chi connectivity index (χ0v) is 15.9. The zero-order chi connectivity index (χ0) is 17.0. The summed E-state index contributed by atoms with van der Waals surface area (Å²) in [6.07, 6.45) is 1.49. The Kier molecular flexibility index (Phi) is 3.92. The smallest absolute Gasteiger partial charge is 0.228 e. The van der Waals surface area contributed by atoms with Gasteiger partial charge in [0.2, 0.25) is 5.91 Å². The summed E-state index contributed by atoms with van der Waals surface area (Å²) in [6.45, 7) is 6.48. The van der Waals surface area contributed by atoms with Gasteiger partial charge in [-0.15, -0.1) is 0 Å². The van der Waals surface area contributed by atoms with Crippen molar-refractivity contribution in [3.63, 3.8) is 0 Å². The van der Waals surface area contributed by atoms with Crippen molar-refractivity contribution in [3.05, 3.63) is 34.9 Å². The quantitative estimate of drug-likeness (QED) is 0.779. The third-order valence-electron chi connectivity index (χ3n) is 6.52. The summed E-state index contributed by atoms with van der Waals surface area (Å²) < 4.78 is 0. The standard InChI is InChI=1S/C18H21BrClNO2/c1-16(2)17(3)8-9-18(16,13(19)14(17)22)15(23)21-10-11-6-4-5-7-12(11)20/h4-7,13H,8-10H2,1-3H3,(H,21,23)/t13-,17+,18+/m1/s1. The minimum Gasteiger partial charge on any atom is -0.351 e. The van der Waals surface area contributed by atoms with E-state index in [4.69, 9.17) is 11.6 Å². The van der Waals surface area contributed by atoms with Crippen LogP contribution in [0.1, 0.15) is 39.2 Å². The lowest BCUT2D eigenvalue weighted by Crippen LogP contribution is -2.50. The van der Waals surface area contributed by atoms with Crippen LogP contribution in [-0.2, 0) is 16.1 Å². The monoisotopic (exact) mass is 397 g/mol. The van der Waals surface area contributed by atoms with Crippen molar-refractivity contribution in [3.8, 4) is 0 Å². The van der Waals surface area contributed by atoms with E-state index in [1.165, 1.54) is 0 Å². The third kappa shape index (κ3) is 2.00. The number of rotatable bonds is 3. The number of benzene rings is 1. The number of Topliss-reactive ketones (excluding diaryl/α,β-unsaturated/α-hetero) is 1. The molecule has 1 amide bonds. The number of carbonyl (C=O) groups is 2. The largest absolute Gasteiger partial charge is 0.351 e. The Bertz CT molecular complexity index is 689. The molecule has 2 aliphatic rings. The number of nitrogens with one attached hydrogen (secondary N) is 1. The minimum absolute atomic E-state index is 0.0566. The van der Waals surface area contributed by atoms with E-state index in [1.807, 2.05) is 45.0 Å². The highest BCUT2D eigenvalue weighted by Gasteiger charge is 2.76. The van der Waals surface area contributed by atoms with Crippen LogP contribution >= 0.6 is 27.5 Å². The molecule has 0 spiro atoms. The summed E-state index contributed by atoms with van der Waals surface area (Å²) in [5, 5.41) is 3.66. The van der Waals surface area contributed by atoms with Gasteiger partial charge < -0.3 is 5.32 Å². The van der Waals surface area contributed by atoms with Crippen LogP contribution in [-0.4, -0.2) is 16.5 Å². The Labute approximate surface area is 150 Å². The van der Waals surface area contributed by atoms with Crippen molar-refractivity contribution in [2.75, 3.05) is 0 Å². The van der Waals surface area contributed by atoms with Gasteiger partial charge in [0.25, 0.3) is 0 Å². The fourth-order valence-corrected chi connectivity index (χ4v) is 6.15. The molecule has 0 radical (unpaired) electrons. The van der Waals surface area contributed by atoms with E-state index in [9.17, 15) is 9.59 Å². The lowest BCUT2D eigenvalue weighted by Gasteiger charge is -2.39. The topological polar surface area (TPSA) is 46.2 Å². The predicted molar refractivity (Wildman–Crippen MR) is 94.6 cm³/mol. The first-order valence-corrected chi connectivity index (χ1v) is 9.18. The Hall–Kier alpha value is -0.870. The van der Waals surface area contributed by atoms with Crippen molar-refractivity contribution in [1.29, 1.82) is 0 Å². The average Bonchev–Trinajstić information content (AvgIpc) is 2.78. The second-order valence-corrected chi connectivity index (χ2v) is 8.75.